The van der Waals surface area contributed by atoms with Crippen LogP contribution in [0.2, 0.25) is 0 Å². The van der Waals surface area contributed by atoms with Crippen LogP contribution in [0.25, 0.3) is 0 Å². The highest BCUT2D eigenvalue weighted by Gasteiger charge is 2.00. The first kappa shape index (κ1) is 13.6. The van der Waals surface area contributed by atoms with E-state index in [0.29, 0.717) is 11.0 Å². The topological polar surface area (TPSA) is 36.4 Å². The summed E-state index contributed by atoms with van der Waals surface area (Å²) in [5.74, 6) is 0.408. The second-order valence-corrected chi connectivity index (χ2v) is 4.81. The molecule has 92 valence electrons. The smallest absolute Gasteiger partial charge is 0.191 e. The molecule has 1 rings (SSSR count). The molecule has 0 spiro atoms. The van der Waals surface area contributed by atoms with Crippen LogP contribution in [0.4, 0.5) is 5.69 Å². The van der Waals surface area contributed by atoms with Gasteiger partial charge in [0, 0.05) is 11.9 Å². The Balaban J connectivity index is 2.59. The molecule has 0 saturated carbocycles. The summed E-state index contributed by atoms with van der Waals surface area (Å²) in [5.41, 5.74) is 6.18. The Kier molecular flexibility index (Phi) is 5.10. The van der Waals surface area contributed by atoms with Gasteiger partial charge in [0.05, 0.1) is 0 Å². The number of thiocarbonyl (C=S) groups is 1. The van der Waals surface area contributed by atoms with Crippen LogP contribution in [0.1, 0.15) is 25.0 Å². The molecule has 2 N–H and O–H groups in total. The summed E-state index contributed by atoms with van der Waals surface area (Å²) in [6.45, 7) is 8.22. The number of hydrogen-bond donors (Lipinski definition) is 2. The SMILES string of the molecule is Cc1ccc(C)c(NC(=S)N/N=C/C(C)C)c1. The van der Waals surface area contributed by atoms with E-state index >= 15 is 0 Å². The predicted octanol–water partition coefficient (Wildman–Crippen LogP) is 3.23. The molecule has 4 heteroatoms. The van der Waals surface area contributed by atoms with Gasteiger partial charge in [-0.1, -0.05) is 26.0 Å². The van der Waals surface area contributed by atoms with E-state index in [1.165, 1.54) is 5.56 Å². The Bertz CT molecular complexity index is 425. The molecule has 0 bridgehead atoms. The van der Waals surface area contributed by atoms with E-state index in [1.807, 2.05) is 13.1 Å². The summed E-state index contributed by atoms with van der Waals surface area (Å²) in [4.78, 5) is 0. The Morgan fingerprint density at radius 1 is 1.35 bits per heavy atom. The maximum Gasteiger partial charge on any atom is 0.191 e. The van der Waals surface area contributed by atoms with Crippen molar-refractivity contribution in [2.75, 3.05) is 5.32 Å². The summed E-state index contributed by atoms with van der Waals surface area (Å²) in [6.07, 6.45) is 1.82. The van der Waals surface area contributed by atoms with Gasteiger partial charge in [-0.3, -0.25) is 5.43 Å². The third-order valence-corrected chi connectivity index (χ3v) is 2.37. The van der Waals surface area contributed by atoms with E-state index < -0.39 is 0 Å². The quantitative estimate of drug-likeness (QED) is 0.490. The Labute approximate surface area is 108 Å². The molecule has 0 heterocycles. The molecule has 0 unspecified atom stereocenters. The van der Waals surface area contributed by atoms with Crippen LogP contribution in [-0.2, 0) is 0 Å². The molecular weight excluding hydrogens is 230 g/mol. The molecule has 17 heavy (non-hydrogen) atoms. The van der Waals surface area contributed by atoms with Gasteiger partial charge in [0.15, 0.2) is 5.11 Å². The third kappa shape index (κ3) is 4.95. The maximum atomic E-state index is 5.15. The van der Waals surface area contributed by atoms with Crippen LogP contribution in [0.5, 0.6) is 0 Å². The molecule has 1 aromatic rings. The molecule has 0 radical (unpaired) electrons. The number of anilines is 1. The van der Waals surface area contributed by atoms with Crippen molar-refractivity contribution < 1.29 is 0 Å². The number of nitrogens with one attached hydrogen (secondary N) is 2. The average Bonchev–Trinajstić information content (AvgIpc) is 2.23. The van der Waals surface area contributed by atoms with Crippen LogP contribution in [0, 0.1) is 19.8 Å². The highest BCUT2D eigenvalue weighted by Crippen LogP contribution is 2.15. The largest absolute Gasteiger partial charge is 0.331 e. The molecular formula is C13H19N3S. The van der Waals surface area contributed by atoms with Crippen LogP contribution in [0.3, 0.4) is 0 Å². The number of nitrogens with zero attached hydrogens (tertiary/aromatic N) is 1. The fourth-order valence-electron chi connectivity index (χ4n) is 1.27. The molecule has 0 aromatic heterocycles. The molecule has 3 nitrogen and oxygen atoms in total. The second-order valence-electron chi connectivity index (χ2n) is 4.41. The Morgan fingerprint density at radius 3 is 2.71 bits per heavy atom. The summed E-state index contributed by atoms with van der Waals surface area (Å²) >= 11 is 5.15. The van der Waals surface area contributed by atoms with Crippen molar-refractivity contribution in [2.45, 2.75) is 27.7 Å². The van der Waals surface area contributed by atoms with E-state index in [0.717, 1.165) is 11.3 Å². The van der Waals surface area contributed by atoms with Crippen LogP contribution in [0.15, 0.2) is 23.3 Å². The Hall–Kier alpha value is -1.42. The molecule has 0 atom stereocenters. The highest BCUT2D eigenvalue weighted by molar-refractivity contribution is 7.80. The standard InChI is InChI=1S/C13H19N3S/c1-9(2)8-14-16-13(17)15-12-7-10(3)5-6-11(12)4/h5-9H,1-4H3,(H2,15,16,17)/b14-8+. The first-order chi connectivity index (χ1) is 7.99. The van der Waals surface area contributed by atoms with Crippen molar-refractivity contribution in [2.24, 2.45) is 11.0 Å². The Morgan fingerprint density at radius 2 is 2.06 bits per heavy atom. The number of aryl methyl sites for hydroxylation is 2. The zero-order valence-corrected chi connectivity index (χ0v) is 11.6. The van der Waals surface area contributed by atoms with Gasteiger partial charge >= 0.3 is 0 Å². The van der Waals surface area contributed by atoms with Crippen molar-refractivity contribution in [1.82, 2.24) is 5.43 Å². The lowest BCUT2D eigenvalue weighted by Crippen LogP contribution is -2.24. The molecule has 0 aliphatic carbocycles. The average molecular weight is 249 g/mol. The minimum atomic E-state index is 0.408. The zero-order chi connectivity index (χ0) is 12.8. The van der Waals surface area contributed by atoms with Crippen molar-refractivity contribution in [3.05, 3.63) is 29.3 Å². The van der Waals surface area contributed by atoms with E-state index in [2.05, 4.69) is 54.8 Å². The normalized spacial score (nSPS) is 10.9. The van der Waals surface area contributed by atoms with E-state index in [-0.39, 0.29) is 0 Å². The van der Waals surface area contributed by atoms with Gasteiger partial charge in [0.2, 0.25) is 0 Å². The fraction of sp³-hybridized carbons (Fsp3) is 0.385. The van der Waals surface area contributed by atoms with Crippen LogP contribution >= 0.6 is 12.2 Å². The van der Waals surface area contributed by atoms with Crippen molar-refractivity contribution in [3.8, 4) is 0 Å². The summed E-state index contributed by atoms with van der Waals surface area (Å²) in [6, 6.07) is 6.21. The van der Waals surface area contributed by atoms with E-state index in [4.69, 9.17) is 12.2 Å². The van der Waals surface area contributed by atoms with Gasteiger partial charge in [-0.25, -0.2) is 0 Å². The van der Waals surface area contributed by atoms with Gasteiger partial charge in [0.1, 0.15) is 0 Å². The predicted molar refractivity (Wildman–Crippen MR) is 78.6 cm³/mol. The summed E-state index contributed by atoms with van der Waals surface area (Å²) < 4.78 is 0. The molecule has 0 fully saturated rings. The number of hydrazone groups is 1. The first-order valence-electron chi connectivity index (χ1n) is 5.66. The molecule has 0 aliphatic rings. The van der Waals surface area contributed by atoms with E-state index in [1.54, 1.807) is 0 Å². The van der Waals surface area contributed by atoms with Gasteiger partial charge in [-0.05, 0) is 49.2 Å². The number of benzene rings is 1. The van der Waals surface area contributed by atoms with Gasteiger partial charge < -0.3 is 5.32 Å². The lowest BCUT2D eigenvalue weighted by atomic mass is 10.1. The minimum Gasteiger partial charge on any atom is -0.331 e. The maximum absolute atomic E-state index is 5.15. The van der Waals surface area contributed by atoms with Crippen molar-refractivity contribution in [1.29, 1.82) is 0 Å². The van der Waals surface area contributed by atoms with Crippen molar-refractivity contribution >= 4 is 29.2 Å². The second kappa shape index (κ2) is 6.35. The molecule has 1 aromatic carbocycles. The number of hydrogen-bond acceptors (Lipinski definition) is 2. The number of rotatable bonds is 3. The van der Waals surface area contributed by atoms with Crippen molar-refractivity contribution in [3.63, 3.8) is 0 Å². The minimum absolute atomic E-state index is 0.408. The summed E-state index contributed by atoms with van der Waals surface area (Å²) in [5, 5.41) is 7.68. The van der Waals surface area contributed by atoms with Gasteiger partial charge in [-0.15, -0.1) is 0 Å². The highest BCUT2D eigenvalue weighted by atomic mass is 32.1. The first-order valence-corrected chi connectivity index (χ1v) is 6.07. The molecule has 0 saturated heterocycles. The monoisotopic (exact) mass is 249 g/mol. The lowest BCUT2D eigenvalue weighted by Gasteiger charge is -2.10. The lowest BCUT2D eigenvalue weighted by molar-refractivity contribution is 0.886. The van der Waals surface area contributed by atoms with Gasteiger partial charge in [-0.2, -0.15) is 5.10 Å². The zero-order valence-electron chi connectivity index (χ0n) is 10.7. The van der Waals surface area contributed by atoms with Gasteiger partial charge in [0.25, 0.3) is 0 Å². The van der Waals surface area contributed by atoms with Crippen LogP contribution in [-0.4, -0.2) is 11.3 Å². The third-order valence-electron chi connectivity index (χ3n) is 2.18. The van der Waals surface area contributed by atoms with Crippen LogP contribution < -0.4 is 10.7 Å². The fourth-order valence-corrected chi connectivity index (χ4v) is 1.43. The van der Waals surface area contributed by atoms with E-state index in [9.17, 15) is 0 Å². The molecule has 0 amide bonds. The molecule has 0 aliphatic heterocycles. The summed E-state index contributed by atoms with van der Waals surface area (Å²) in [7, 11) is 0.